The SMILES string of the molecule is CC(C)C(C)C1C(C)C1C(C)(C)C(C)C. The Kier molecular flexibility index (Phi) is 3.58. The molecule has 0 heteroatoms. The van der Waals surface area contributed by atoms with Crippen molar-refractivity contribution < 1.29 is 0 Å². The summed E-state index contributed by atoms with van der Waals surface area (Å²) in [6.07, 6.45) is 0. The summed E-state index contributed by atoms with van der Waals surface area (Å²) >= 11 is 0. The minimum atomic E-state index is 0.521. The zero-order valence-electron chi connectivity index (χ0n) is 12.0. The average Bonchev–Trinajstić information content (AvgIpc) is 2.76. The molecule has 4 atom stereocenters. The molecule has 0 saturated heterocycles. The van der Waals surface area contributed by atoms with Gasteiger partial charge in [0, 0.05) is 0 Å². The first-order valence-electron chi connectivity index (χ1n) is 6.71. The van der Waals surface area contributed by atoms with E-state index >= 15 is 0 Å². The second-order valence-electron chi connectivity index (χ2n) is 7.04. The maximum absolute atomic E-state index is 2.46. The second kappa shape index (κ2) is 4.11. The highest BCUT2D eigenvalue weighted by molar-refractivity contribution is 5.04. The summed E-state index contributed by atoms with van der Waals surface area (Å²) in [7, 11) is 0. The Morgan fingerprint density at radius 1 is 0.933 bits per heavy atom. The van der Waals surface area contributed by atoms with Crippen molar-refractivity contribution in [2.24, 2.45) is 40.9 Å². The Hall–Kier alpha value is 0. The molecule has 0 N–H and O–H groups in total. The molecule has 0 spiro atoms. The predicted octanol–water partition coefficient (Wildman–Crippen LogP) is 4.84. The van der Waals surface area contributed by atoms with Gasteiger partial charge in [-0.1, -0.05) is 55.4 Å². The molecule has 1 aliphatic carbocycles. The molecule has 0 aromatic carbocycles. The van der Waals surface area contributed by atoms with Crippen LogP contribution >= 0.6 is 0 Å². The van der Waals surface area contributed by atoms with E-state index < -0.39 is 0 Å². The largest absolute Gasteiger partial charge is 0.0625 e. The summed E-state index contributed by atoms with van der Waals surface area (Å²) in [5.41, 5.74) is 0.521. The highest BCUT2D eigenvalue weighted by Crippen LogP contribution is 2.62. The monoisotopic (exact) mass is 210 g/mol. The van der Waals surface area contributed by atoms with Gasteiger partial charge in [-0.3, -0.25) is 0 Å². The lowest BCUT2D eigenvalue weighted by Gasteiger charge is -2.31. The molecule has 90 valence electrons. The van der Waals surface area contributed by atoms with Crippen LogP contribution in [-0.4, -0.2) is 0 Å². The van der Waals surface area contributed by atoms with Gasteiger partial charge in [-0.2, -0.15) is 0 Å². The lowest BCUT2D eigenvalue weighted by molar-refractivity contribution is 0.176. The minimum Gasteiger partial charge on any atom is -0.0625 e. The van der Waals surface area contributed by atoms with Crippen LogP contribution in [-0.2, 0) is 0 Å². The summed E-state index contributed by atoms with van der Waals surface area (Å²) in [5.74, 6) is 5.40. The van der Waals surface area contributed by atoms with E-state index in [9.17, 15) is 0 Å². The van der Waals surface area contributed by atoms with Gasteiger partial charge in [-0.15, -0.1) is 0 Å². The quantitative estimate of drug-likeness (QED) is 0.622. The van der Waals surface area contributed by atoms with Crippen LogP contribution in [0.3, 0.4) is 0 Å². The molecule has 0 bridgehead atoms. The van der Waals surface area contributed by atoms with E-state index in [0.717, 1.165) is 35.5 Å². The van der Waals surface area contributed by atoms with Gasteiger partial charge >= 0.3 is 0 Å². The Labute approximate surface area is 96.8 Å². The molecule has 0 aromatic rings. The van der Waals surface area contributed by atoms with Gasteiger partial charge in [-0.25, -0.2) is 0 Å². The van der Waals surface area contributed by atoms with Crippen LogP contribution in [0, 0.1) is 40.9 Å². The van der Waals surface area contributed by atoms with Gasteiger partial charge in [0.1, 0.15) is 0 Å². The van der Waals surface area contributed by atoms with Crippen LogP contribution in [0.25, 0.3) is 0 Å². The zero-order chi connectivity index (χ0) is 12.0. The molecule has 1 rings (SSSR count). The Bertz CT molecular complexity index is 212. The van der Waals surface area contributed by atoms with Crippen LogP contribution in [0.1, 0.15) is 55.4 Å². The van der Waals surface area contributed by atoms with E-state index in [1.54, 1.807) is 0 Å². The van der Waals surface area contributed by atoms with Crippen molar-refractivity contribution in [2.75, 3.05) is 0 Å². The first-order valence-corrected chi connectivity index (χ1v) is 6.71. The number of hydrogen-bond acceptors (Lipinski definition) is 0. The van der Waals surface area contributed by atoms with E-state index in [1.165, 1.54) is 0 Å². The fourth-order valence-corrected chi connectivity index (χ4v) is 3.30. The van der Waals surface area contributed by atoms with Gasteiger partial charge in [0.2, 0.25) is 0 Å². The third-order valence-electron chi connectivity index (χ3n) is 5.45. The van der Waals surface area contributed by atoms with Crippen molar-refractivity contribution in [2.45, 2.75) is 55.4 Å². The standard InChI is InChI=1S/C15H30/c1-9(2)11(5)13-12(6)14(13)15(7,8)10(3)4/h9-14H,1-8H3. The molecule has 1 saturated carbocycles. The fourth-order valence-electron chi connectivity index (χ4n) is 3.30. The maximum Gasteiger partial charge on any atom is -0.0297 e. The first kappa shape index (κ1) is 13.1. The third-order valence-corrected chi connectivity index (χ3v) is 5.45. The van der Waals surface area contributed by atoms with Crippen molar-refractivity contribution in [3.63, 3.8) is 0 Å². The first-order chi connectivity index (χ1) is 6.71. The lowest BCUT2D eigenvalue weighted by Crippen LogP contribution is -2.24. The smallest absolute Gasteiger partial charge is 0.0297 e. The normalized spacial score (nSPS) is 33.6. The highest BCUT2D eigenvalue weighted by Gasteiger charge is 2.57. The molecule has 0 aromatic heterocycles. The van der Waals surface area contributed by atoms with E-state index in [0.29, 0.717) is 5.41 Å². The van der Waals surface area contributed by atoms with Crippen LogP contribution in [0.5, 0.6) is 0 Å². The topological polar surface area (TPSA) is 0 Å². The van der Waals surface area contributed by atoms with Crippen LogP contribution in [0.15, 0.2) is 0 Å². The molecule has 1 fully saturated rings. The molecule has 15 heavy (non-hydrogen) atoms. The van der Waals surface area contributed by atoms with Gasteiger partial charge in [-0.05, 0) is 40.9 Å². The molecular weight excluding hydrogens is 180 g/mol. The molecule has 0 amide bonds. The van der Waals surface area contributed by atoms with Gasteiger partial charge in [0.25, 0.3) is 0 Å². The van der Waals surface area contributed by atoms with Gasteiger partial charge in [0.15, 0.2) is 0 Å². The molecule has 1 aliphatic rings. The highest BCUT2D eigenvalue weighted by atomic mass is 14.6. The molecule has 0 aliphatic heterocycles. The van der Waals surface area contributed by atoms with Crippen molar-refractivity contribution in [3.8, 4) is 0 Å². The van der Waals surface area contributed by atoms with Crippen molar-refractivity contribution in [1.82, 2.24) is 0 Å². The molecular formula is C15H30. The summed E-state index contributed by atoms with van der Waals surface area (Å²) in [5, 5.41) is 0. The summed E-state index contributed by atoms with van der Waals surface area (Å²) < 4.78 is 0. The molecule has 0 radical (unpaired) electrons. The number of hydrogen-bond donors (Lipinski definition) is 0. The molecule has 0 nitrogen and oxygen atoms in total. The van der Waals surface area contributed by atoms with Crippen molar-refractivity contribution in [3.05, 3.63) is 0 Å². The summed E-state index contributed by atoms with van der Waals surface area (Å²) in [6.45, 7) is 19.3. The predicted molar refractivity (Wildman–Crippen MR) is 68.8 cm³/mol. The Morgan fingerprint density at radius 2 is 1.40 bits per heavy atom. The Morgan fingerprint density at radius 3 is 1.73 bits per heavy atom. The maximum atomic E-state index is 2.46. The van der Waals surface area contributed by atoms with E-state index in [-0.39, 0.29) is 0 Å². The van der Waals surface area contributed by atoms with Crippen LogP contribution < -0.4 is 0 Å². The van der Waals surface area contributed by atoms with Crippen molar-refractivity contribution >= 4 is 0 Å². The zero-order valence-corrected chi connectivity index (χ0v) is 12.0. The molecule has 4 unspecified atom stereocenters. The number of rotatable bonds is 4. The second-order valence-corrected chi connectivity index (χ2v) is 7.04. The van der Waals surface area contributed by atoms with Gasteiger partial charge < -0.3 is 0 Å². The van der Waals surface area contributed by atoms with Crippen LogP contribution in [0.2, 0.25) is 0 Å². The average molecular weight is 210 g/mol. The van der Waals surface area contributed by atoms with E-state index in [1.807, 2.05) is 0 Å². The Balaban J connectivity index is 2.69. The van der Waals surface area contributed by atoms with Crippen LogP contribution in [0.4, 0.5) is 0 Å². The minimum absolute atomic E-state index is 0.521. The van der Waals surface area contributed by atoms with Gasteiger partial charge in [0.05, 0.1) is 0 Å². The summed E-state index contributed by atoms with van der Waals surface area (Å²) in [6, 6.07) is 0. The van der Waals surface area contributed by atoms with E-state index in [4.69, 9.17) is 0 Å². The third kappa shape index (κ3) is 2.24. The fraction of sp³-hybridized carbons (Fsp3) is 1.00. The lowest BCUT2D eigenvalue weighted by atomic mass is 9.74. The van der Waals surface area contributed by atoms with Crippen molar-refractivity contribution in [1.29, 1.82) is 0 Å². The van der Waals surface area contributed by atoms with E-state index in [2.05, 4.69) is 55.4 Å². The summed E-state index contributed by atoms with van der Waals surface area (Å²) in [4.78, 5) is 0. The molecule has 0 heterocycles.